The molecule has 0 bridgehead atoms. The van der Waals surface area contributed by atoms with Crippen molar-refractivity contribution >= 4 is 5.82 Å². The van der Waals surface area contributed by atoms with Crippen LogP contribution in [0.5, 0.6) is 5.75 Å². The molecule has 0 fully saturated rings. The van der Waals surface area contributed by atoms with Gasteiger partial charge in [0.25, 0.3) is 0 Å². The Morgan fingerprint density at radius 2 is 1.92 bits per heavy atom. The van der Waals surface area contributed by atoms with Gasteiger partial charge in [0.2, 0.25) is 0 Å². The molecule has 1 aliphatic carbocycles. The van der Waals surface area contributed by atoms with E-state index in [2.05, 4.69) is 10.3 Å². The number of hydrogen-bond donors (Lipinski definition) is 2. The van der Waals surface area contributed by atoms with E-state index in [9.17, 15) is 5.11 Å². The van der Waals surface area contributed by atoms with E-state index >= 15 is 0 Å². The lowest BCUT2D eigenvalue weighted by Gasteiger charge is -2.13. The maximum Gasteiger partial charge on any atom is 0.163 e. The van der Waals surface area contributed by atoms with Gasteiger partial charge in [-0.2, -0.15) is 0 Å². The van der Waals surface area contributed by atoms with E-state index in [-0.39, 0.29) is 0 Å². The minimum Gasteiger partial charge on any atom is -0.507 e. The van der Waals surface area contributed by atoms with Crippen LogP contribution >= 0.6 is 0 Å². The highest BCUT2D eigenvalue weighted by Crippen LogP contribution is 2.30. The second-order valence-electron chi connectivity index (χ2n) is 6.85. The Balaban J connectivity index is 1.65. The number of aryl methyl sites for hydroxylation is 3. The lowest BCUT2D eigenvalue weighted by molar-refractivity contribution is 0.466. The van der Waals surface area contributed by atoms with Crippen molar-refractivity contribution in [2.45, 2.75) is 39.7 Å². The largest absolute Gasteiger partial charge is 0.507 e. The Morgan fingerprint density at radius 1 is 1.12 bits per heavy atom. The van der Waals surface area contributed by atoms with Gasteiger partial charge in [0.15, 0.2) is 5.82 Å². The fraction of sp³-hybridized carbons (Fsp3) is 0.286. The summed E-state index contributed by atoms with van der Waals surface area (Å²) in [6.45, 7) is 4.52. The van der Waals surface area contributed by atoms with E-state index < -0.39 is 0 Å². The molecule has 1 aliphatic rings. The van der Waals surface area contributed by atoms with Crippen molar-refractivity contribution in [1.82, 2.24) is 15.0 Å². The first kappa shape index (κ1) is 16.5. The fourth-order valence-electron chi connectivity index (χ4n) is 3.54. The smallest absolute Gasteiger partial charge is 0.163 e. The molecule has 0 unspecified atom stereocenters. The maximum atomic E-state index is 9.96. The molecule has 5 heteroatoms. The van der Waals surface area contributed by atoms with Gasteiger partial charge in [-0.05, 0) is 61.9 Å². The summed E-state index contributed by atoms with van der Waals surface area (Å²) in [4.78, 5) is 13.7. The van der Waals surface area contributed by atoms with Crippen LogP contribution in [0.25, 0.3) is 11.4 Å². The molecule has 2 N–H and O–H groups in total. The highest BCUT2D eigenvalue weighted by Gasteiger charge is 2.20. The highest BCUT2D eigenvalue weighted by atomic mass is 16.3. The summed E-state index contributed by atoms with van der Waals surface area (Å²) < 4.78 is 0. The van der Waals surface area contributed by atoms with Crippen LogP contribution in [0.3, 0.4) is 0 Å². The highest BCUT2D eigenvalue weighted by molar-refractivity contribution is 5.60. The zero-order chi connectivity index (χ0) is 18.1. The van der Waals surface area contributed by atoms with Crippen molar-refractivity contribution in [3.63, 3.8) is 0 Å². The summed E-state index contributed by atoms with van der Waals surface area (Å²) in [5, 5.41) is 13.5. The molecule has 5 nitrogen and oxygen atoms in total. The number of pyridine rings is 1. The van der Waals surface area contributed by atoms with Gasteiger partial charge in [0, 0.05) is 35.8 Å². The second kappa shape index (κ2) is 6.75. The van der Waals surface area contributed by atoms with Gasteiger partial charge in [-0.15, -0.1) is 0 Å². The third kappa shape index (κ3) is 3.12. The van der Waals surface area contributed by atoms with Crippen LogP contribution in [0.15, 0.2) is 36.7 Å². The number of rotatable bonds is 4. The first-order valence-electron chi connectivity index (χ1n) is 8.95. The molecule has 0 spiro atoms. The minimum atomic E-state index is 0.371. The SMILES string of the molecule is Cc1cc(CNc2nc(-c3cccnc3)nc3c2CCC3)cc(C)c1O. The number of fused-ring (bicyclic) bond motifs is 1. The third-order valence-electron chi connectivity index (χ3n) is 4.86. The summed E-state index contributed by atoms with van der Waals surface area (Å²) in [5.74, 6) is 2.00. The van der Waals surface area contributed by atoms with Crippen molar-refractivity contribution in [3.05, 3.63) is 64.6 Å². The van der Waals surface area contributed by atoms with Crippen LogP contribution in [0.2, 0.25) is 0 Å². The molecule has 0 aliphatic heterocycles. The molecule has 2 aromatic heterocycles. The minimum absolute atomic E-state index is 0.371. The van der Waals surface area contributed by atoms with Crippen molar-refractivity contribution in [3.8, 4) is 17.1 Å². The van der Waals surface area contributed by atoms with Gasteiger partial charge in [0.05, 0.1) is 0 Å². The van der Waals surface area contributed by atoms with E-state index in [0.717, 1.165) is 58.9 Å². The van der Waals surface area contributed by atoms with E-state index in [4.69, 9.17) is 9.97 Å². The zero-order valence-corrected chi connectivity index (χ0v) is 15.1. The summed E-state index contributed by atoms with van der Waals surface area (Å²) in [6.07, 6.45) is 6.68. The van der Waals surface area contributed by atoms with Gasteiger partial charge < -0.3 is 10.4 Å². The predicted octanol–water partition coefficient (Wildman–Crippen LogP) is 3.96. The number of nitrogens with zero attached hydrogens (tertiary/aromatic N) is 3. The van der Waals surface area contributed by atoms with Crippen LogP contribution < -0.4 is 5.32 Å². The first-order chi connectivity index (χ1) is 12.6. The van der Waals surface area contributed by atoms with Crippen molar-refractivity contribution in [1.29, 1.82) is 0 Å². The standard InChI is InChI=1S/C21H22N4O/c1-13-9-15(10-14(2)19(13)26)11-23-21-17-6-3-7-18(17)24-20(25-21)16-5-4-8-22-12-16/h4-5,8-10,12,26H,3,6-7,11H2,1-2H3,(H,23,24,25). The average Bonchev–Trinajstić information content (AvgIpc) is 3.13. The maximum absolute atomic E-state index is 9.96. The zero-order valence-electron chi connectivity index (χ0n) is 15.1. The number of aromatic hydroxyl groups is 1. The summed E-state index contributed by atoms with van der Waals surface area (Å²) >= 11 is 0. The average molecular weight is 346 g/mol. The Kier molecular flexibility index (Phi) is 4.29. The fourth-order valence-corrected chi connectivity index (χ4v) is 3.54. The molecule has 0 saturated heterocycles. The number of benzene rings is 1. The van der Waals surface area contributed by atoms with Gasteiger partial charge in [-0.3, -0.25) is 4.98 Å². The molecule has 3 aromatic rings. The number of anilines is 1. The topological polar surface area (TPSA) is 70.9 Å². The van der Waals surface area contributed by atoms with Gasteiger partial charge in [-0.1, -0.05) is 12.1 Å². The van der Waals surface area contributed by atoms with E-state index in [1.165, 1.54) is 5.56 Å². The number of nitrogens with one attached hydrogen (secondary N) is 1. The lowest BCUT2D eigenvalue weighted by atomic mass is 10.1. The number of aromatic nitrogens is 3. The van der Waals surface area contributed by atoms with Crippen LogP contribution in [0, 0.1) is 13.8 Å². The van der Waals surface area contributed by atoms with Crippen LogP contribution in [0.4, 0.5) is 5.82 Å². The molecule has 1 aromatic carbocycles. The molecule has 0 amide bonds. The number of hydrogen-bond acceptors (Lipinski definition) is 5. The van der Waals surface area contributed by atoms with Crippen molar-refractivity contribution < 1.29 is 5.11 Å². The Morgan fingerprint density at radius 3 is 2.65 bits per heavy atom. The number of phenols is 1. The Bertz CT molecular complexity index is 931. The first-order valence-corrected chi connectivity index (χ1v) is 8.95. The molecule has 26 heavy (non-hydrogen) atoms. The molecule has 0 saturated carbocycles. The van der Waals surface area contributed by atoms with E-state index in [1.807, 2.05) is 38.1 Å². The van der Waals surface area contributed by atoms with Crippen LogP contribution in [-0.2, 0) is 19.4 Å². The lowest BCUT2D eigenvalue weighted by Crippen LogP contribution is -2.08. The van der Waals surface area contributed by atoms with Gasteiger partial charge in [-0.25, -0.2) is 9.97 Å². The Hall–Kier alpha value is -2.95. The van der Waals surface area contributed by atoms with Crippen LogP contribution in [0.1, 0.15) is 34.4 Å². The van der Waals surface area contributed by atoms with Crippen molar-refractivity contribution in [2.24, 2.45) is 0 Å². The molecular formula is C21H22N4O. The summed E-state index contributed by atoms with van der Waals surface area (Å²) in [5.41, 5.74) is 6.22. The van der Waals surface area contributed by atoms with Gasteiger partial charge >= 0.3 is 0 Å². The molecule has 0 radical (unpaired) electrons. The predicted molar refractivity (Wildman–Crippen MR) is 102 cm³/mol. The van der Waals surface area contributed by atoms with Crippen LogP contribution in [-0.4, -0.2) is 20.1 Å². The summed E-state index contributed by atoms with van der Waals surface area (Å²) in [7, 11) is 0. The number of phenolic OH excluding ortho intramolecular Hbond substituents is 1. The molecular weight excluding hydrogens is 324 g/mol. The third-order valence-corrected chi connectivity index (χ3v) is 4.86. The van der Waals surface area contributed by atoms with E-state index in [1.54, 1.807) is 12.4 Å². The monoisotopic (exact) mass is 346 g/mol. The molecule has 2 heterocycles. The molecule has 132 valence electrons. The molecule has 0 atom stereocenters. The normalized spacial score (nSPS) is 12.8. The second-order valence-corrected chi connectivity index (χ2v) is 6.85. The summed E-state index contributed by atoms with van der Waals surface area (Å²) in [6, 6.07) is 7.92. The Labute approximate surface area is 153 Å². The molecule has 4 rings (SSSR count). The van der Waals surface area contributed by atoms with E-state index in [0.29, 0.717) is 12.3 Å². The van der Waals surface area contributed by atoms with Crippen molar-refractivity contribution in [2.75, 3.05) is 5.32 Å². The quantitative estimate of drug-likeness (QED) is 0.748. The van der Waals surface area contributed by atoms with Gasteiger partial charge in [0.1, 0.15) is 11.6 Å².